The summed E-state index contributed by atoms with van der Waals surface area (Å²) in [7, 11) is 0. The zero-order chi connectivity index (χ0) is 26.8. The molecule has 0 bridgehead atoms. The molecular weight excluding hydrogens is 531 g/mol. The number of pyridine rings is 1. The van der Waals surface area contributed by atoms with E-state index in [1.807, 2.05) is 12.1 Å². The van der Waals surface area contributed by atoms with Crippen molar-refractivity contribution >= 4 is 51.9 Å². The summed E-state index contributed by atoms with van der Waals surface area (Å²) >= 11 is 11.5. The van der Waals surface area contributed by atoms with Gasteiger partial charge in [-0.3, -0.25) is 9.47 Å². The summed E-state index contributed by atoms with van der Waals surface area (Å²) in [5.41, 5.74) is 4.25. The normalized spacial score (nSPS) is 13.6. The molecule has 1 aliphatic heterocycles. The van der Waals surface area contributed by atoms with Crippen LogP contribution < -0.4 is 5.32 Å². The summed E-state index contributed by atoms with van der Waals surface area (Å²) in [6, 6.07) is 10.9. The fourth-order valence-corrected chi connectivity index (χ4v) is 4.98. The van der Waals surface area contributed by atoms with Gasteiger partial charge in [0.25, 0.3) is 0 Å². The monoisotopic (exact) mass is 551 g/mol. The lowest BCUT2D eigenvalue weighted by molar-refractivity contribution is 0.240. The number of amides is 1. The standard InChI is InChI=1S/C28H21Cl2F2N5O/c1-33-19-4-5-20-21-16-36(9-2-3-17-11-22(31)27(30)23(32)12-17)10-7-24(21)37(25(20)14-19)28(38)35-15-18-6-8-34-26(29)13-18/h2-6,8,11-14H,7,9-10,15-16H2,(H,35,38)/b3-2+. The summed E-state index contributed by atoms with van der Waals surface area (Å²) in [5.74, 6) is -1.60. The molecule has 0 aliphatic carbocycles. The van der Waals surface area contributed by atoms with E-state index >= 15 is 0 Å². The molecule has 0 radical (unpaired) electrons. The Kier molecular flexibility index (Phi) is 7.43. The highest BCUT2D eigenvalue weighted by Crippen LogP contribution is 2.33. The maximum Gasteiger partial charge on any atom is 0.326 e. The van der Waals surface area contributed by atoms with Crippen LogP contribution in [0.3, 0.4) is 0 Å². The van der Waals surface area contributed by atoms with E-state index in [-0.39, 0.29) is 12.6 Å². The molecule has 1 N–H and O–H groups in total. The number of benzene rings is 2. The molecule has 0 atom stereocenters. The third-order valence-electron chi connectivity index (χ3n) is 6.46. The van der Waals surface area contributed by atoms with Gasteiger partial charge in [0, 0.05) is 55.4 Å². The average molecular weight is 552 g/mol. The highest BCUT2D eigenvalue weighted by Gasteiger charge is 2.26. The number of fused-ring (bicyclic) bond motifs is 3. The van der Waals surface area contributed by atoms with Crippen LogP contribution in [-0.2, 0) is 19.5 Å². The zero-order valence-electron chi connectivity index (χ0n) is 20.0. The largest absolute Gasteiger partial charge is 0.333 e. The van der Waals surface area contributed by atoms with E-state index in [2.05, 4.69) is 20.0 Å². The first-order valence-corrected chi connectivity index (χ1v) is 12.6. The summed E-state index contributed by atoms with van der Waals surface area (Å²) < 4.78 is 29.2. The van der Waals surface area contributed by atoms with E-state index < -0.39 is 16.7 Å². The van der Waals surface area contributed by atoms with E-state index in [1.165, 1.54) is 12.1 Å². The lowest BCUT2D eigenvalue weighted by Crippen LogP contribution is -2.34. The molecule has 0 saturated heterocycles. The first-order valence-electron chi connectivity index (χ1n) is 11.8. The van der Waals surface area contributed by atoms with Crippen molar-refractivity contribution in [1.29, 1.82) is 0 Å². The Hall–Kier alpha value is -3.77. The Balaban J connectivity index is 1.39. The molecule has 38 heavy (non-hydrogen) atoms. The van der Waals surface area contributed by atoms with Gasteiger partial charge in [-0.2, -0.15) is 0 Å². The number of hydrogen-bond donors (Lipinski definition) is 1. The second-order valence-corrected chi connectivity index (χ2v) is 9.67. The van der Waals surface area contributed by atoms with Crippen LogP contribution in [0.1, 0.15) is 22.4 Å². The molecule has 1 amide bonds. The molecule has 0 fully saturated rings. The van der Waals surface area contributed by atoms with Gasteiger partial charge in [-0.1, -0.05) is 47.5 Å². The summed E-state index contributed by atoms with van der Waals surface area (Å²) in [6.07, 6.45) is 5.70. The Morgan fingerprint density at radius 2 is 1.95 bits per heavy atom. The molecule has 10 heteroatoms. The van der Waals surface area contributed by atoms with Gasteiger partial charge >= 0.3 is 6.03 Å². The van der Waals surface area contributed by atoms with Gasteiger partial charge in [-0.15, -0.1) is 0 Å². The zero-order valence-corrected chi connectivity index (χ0v) is 21.5. The van der Waals surface area contributed by atoms with Crippen LogP contribution in [-0.4, -0.2) is 33.6 Å². The average Bonchev–Trinajstić information content (AvgIpc) is 3.23. The van der Waals surface area contributed by atoms with Crippen molar-refractivity contribution in [3.8, 4) is 0 Å². The highest BCUT2D eigenvalue weighted by molar-refractivity contribution is 6.31. The Morgan fingerprint density at radius 1 is 1.16 bits per heavy atom. The molecule has 1 aliphatic rings. The Bertz CT molecular complexity index is 1600. The Labute approximate surface area is 227 Å². The predicted molar refractivity (Wildman–Crippen MR) is 144 cm³/mol. The SMILES string of the molecule is [C-]#[N+]c1ccc2c3c(n(C(=O)NCc4ccnc(Cl)c4)c2c1)CCN(C/C=C/c1cc(F)c(Cl)c(F)c1)C3. The minimum Gasteiger partial charge on any atom is -0.333 e. The minimum atomic E-state index is -0.800. The maximum absolute atomic E-state index is 13.7. The Morgan fingerprint density at radius 3 is 2.68 bits per heavy atom. The molecule has 5 rings (SSSR count). The van der Waals surface area contributed by atoms with E-state index in [0.29, 0.717) is 48.0 Å². The van der Waals surface area contributed by atoms with Crippen molar-refractivity contribution < 1.29 is 13.6 Å². The minimum absolute atomic E-state index is 0.279. The third kappa shape index (κ3) is 5.27. The third-order valence-corrected chi connectivity index (χ3v) is 7.03. The van der Waals surface area contributed by atoms with Gasteiger partial charge < -0.3 is 5.32 Å². The van der Waals surface area contributed by atoms with E-state index in [4.69, 9.17) is 29.8 Å². The number of hydrogen-bond acceptors (Lipinski definition) is 3. The van der Waals surface area contributed by atoms with Gasteiger partial charge in [-0.25, -0.2) is 23.4 Å². The van der Waals surface area contributed by atoms with Crippen molar-refractivity contribution in [2.24, 2.45) is 0 Å². The number of nitrogens with zero attached hydrogens (tertiary/aromatic N) is 4. The number of aromatic nitrogens is 2. The molecule has 3 heterocycles. The smallest absolute Gasteiger partial charge is 0.326 e. The fraction of sp³-hybridized carbons (Fsp3) is 0.179. The molecular formula is C28H21Cl2F2N5O. The van der Waals surface area contributed by atoms with Crippen molar-refractivity contribution in [1.82, 2.24) is 19.8 Å². The van der Waals surface area contributed by atoms with Crippen LogP contribution in [0.5, 0.6) is 0 Å². The van der Waals surface area contributed by atoms with Gasteiger partial charge in [0.05, 0.1) is 6.57 Å². The fourth-order valence-electron chi connectivity index (χ4n) is 4.68. The number of halogens is 4. The number of carbonyl (C=O) groups is 1. The van der Waals surface area contributed by atoms with E-state index in [1.54, 1.807) is 41.1 Å². The van der Waals surface area contributed by atoms with Crippen LogP contribution in [0.4, 0.5) is 19.3 Å². The molecule has 2 aromatic heterocycles. The van der Waals surface area contributed by atoms with Gasteiger partial charge in [0.2, 0.25) is 0 Å². The van der Waals surface area contributed by atoms with Crippen LogP contribution in [0, 0.1) is 18.2 Å². The molecule has 6 nitrogen and oxygen atoms in total. The van der Waals surface area contributed by atoms with Crippen molar-refractivity contribution in [2.45, 2.75) is 19.5 Å². The van der Waals surface area contributed by atoms with Gasteiger partial charge in [0.1, 0.15) is 21.8 Å². The van der Waals surface area contributed by atoms with E-state index in [9.17, 15) is 13.6 Å². The lowest BCUT2D eigenvalue weighted by atomic mass is 10.0. The van der Waals surface area contributed by atoms with Gasteiger partial charge in [0.15, 0.2) is 5.69 Å². The summed E-state index contributed by atoms with van der Waals surface area (Å²) in [5, 5.41) is 3.69. The highest BCUT2D eigenvalue weighted by atomic mass is 35.5. The summed E-state index contributed by atoms with van der Waals surface area (Å²) in [4.78, 5) is 23.1. The number of nitrogens with one attached hydrogen (secondary N) is 1. The molecule has 2 aromatic carbocycles. The quantitative estimate of drug-likeness (QED) is 0.165. The molecule has 192 valence electrons. The first-order chi connectivity index (χ1) is 18.3. The maximum atomic E-state index is 13.7. The van der Waals surface area contributed by atoms with Crippen molar-refractivity contribution in [3.05, 3.63) is 110 Å². The second-order valence-electron chi connectivity index (χ2n) is 8.91. The molecule has 0 spiro atoms. The lowest BCUT2D eigenvalue weighted by Gasteiger charge is -2.27. The molecule has 4 aromatic rings. The van der Waals surface area contributed by atoms with Crippen LogP contribution >= 0.6 is 23.2 Å². The predicted octanol–water partition coefficient (Wildman–Crippen LogP) is 7.00. The second kappa shape index (κ2) is 10.9. The number of rotatable bonds is 5. The van der Waals surface area contributed by atoms with Crippen molar-refractivity contribution in [3.63, 3.8) is 0 Å². The van der Waals surface area contributed by atoms with Crippen LogP contribution in [0.15, 0.2) is 54.7 Å². The topological polar surface area (TPSA) is 54.5 Å². The van der Waals surface area contributed by atoms with E-state index in [0.717, 1.165) is 22.2 Å². The first kappa shape index (κ1) is 25.9. The summed E-state index contributed by atoms with van der Waals surface area (Å²) in [6.45, 7) is 9.50. The van der Waals surface area contributed by atoms with Crippen molar-refractivity contribution in [2.75, 3.05) is 13.1 Å². The molecule has 0 saturated carbocycles. The van der Waals surface area contributed by atoms with Gasteiger partial charge in [-0.05, 0) is 47.0 Å². The van der Waals surface area contributed by atoms with Crippen LogP contribution in [0.25, 0.3) is 21.8 Å². The van der Waals surface area contributed by atoms with Crippen LogP contribution in [0.2, 0.25) is 10.2 Å². The molecule has 0 unspecified atom stereocenters. The number of carbonyl (C=O) groups excluding carboxylic acids is 1.